The fraction of sp³-hybridized carbons (Fsp3) is 0.115. The van der Waals surface area contributed by atoms with Gasteiger partial charge in [-0.1, -0.05) is 18.2 Å². The van der Waals surface area contributed by atoms with Gasteiger partial charge in [0.2, 0.25) is 0 Å². The minimum absolute atomic E-state index is 0.203. The molecule has 0 saturated heterocycles. The SMILES string of the molecule is O=C(COC(=O)c1c2c(nc3ccccc13)C(=Cc1ccco1)CC2)Nc1ccc(F)cc1[N+](=O)[O-]. The van der Waals surface area contributed by atoms with Gasteiger partial charge in [-0.15, -0.1) is 0 Å². The van der Waals surface area contributed by atoms with E-state index in [4.69, 9.17) is 14.1 Å². The number of allylic oxidation sites excluding steroid dienone is 1. The van der Waals surface area contributed by atoms with E-state index >= 15 is 0 Å². The second-order valence-electron chi connectivity index (χ2n) is 8.06. The van der Waals surface area contributed by atoms with Crippen LogP contribution in [0.1, 0.15) is 33.8 Å². The Hall–Kier alpha value is -4.86. The molecule has 2 heterocycles. The maximum Gasteiger partial charge on any atom is 0.339 e. The summed E-state index contributed by atoms with van der Waals surface area (Å²) < 4.78 is 24.1. The average molecular weight is 487 g/mol. The molecule has 0 saturated carbocycles. The molecule has 0 aliphatic heterocycles. The topological polar surface area (TPSA) is 125 Å². The molecule has 180 valence electrons. The van der Waals surface area contributed by atoms with Gasteiger partial charge in [0, 0.05) is 5.39 Å². The fourth-order valence-corrected chi connectivity index (χ4v) is 4.21. The third kappa shape index (κ3) is 4.43. The van der Waals surface area contributed by atoms with E-state index in [1.165, 1.54) is 0 Å². The van der Waals surface area contributed by atoms with Gasteiger partial charge in [-0.25, -0.2) is 14.2 Å². The summed E-state index contributed by atoms with van der Waals surface area (Å²) in [4.78, 5) is 40.7. The minimum Gasteiger partial charge on any atom is -0.465 e. The third-order valence-electron chi connectivity index (χ3n) is 5.77. The van der Waals surface area contributed by atoms with Crippen molar-refractivity contribution in [2.45, 2.75) is 12.8 Å². The summed E-state index contributed by atoms with van der Waals surface area (Å²) >= 11 is 0. The molecule has 36 heavy (non-hydrogen) atoms. The van der Waals surface area contributed by atoms with Crippen LogP contribution in [0.25, 0.3) is 22.6 Å². The van der Waals surface area contributed by atoms with E-state index in [2.05, 4.69) is 5.32 Å². The molecule has 0 radical (unpaired) electrons. The Morgan fingerprint density at radius 2 is 2.00 bits per heavy atom. The van der Waals surface area contributed by atoms with Gasteiger partial charge in [-0.05, 0) is 60.4 Å². The number of furan rings is 1. The summed E-state index contributed by atoms with van der Waals surface area (Å²) in [6.45, 7) is -0.687. The third-order valence-corrected chi connectivity index (χ3v) is 5.77. The Morgan fingerprint density at radius 1 is 1.17 bits per heavy atom. The number of nitrogens with one attached hydrogen (secondary N) is 1. The zero-order chi connectivity index (χ0) is 25.2. The zero-order valence-electron chi connectivity index (χ0n) is 18.7. The van der Waals surface area contributed by atoms with Crippen molar-refractivity contribution in [3.63, 3.8) is 0 Å². The van der Waals surface area contributed by atoms with Crippen molar-refractivity contribution >= 4 is 45.8 Å². The van der Waals surface area contributed by atoms with Gasteiger partial charge in [-0.3, -0.25) is 14.9 Å². The van der Waals surface area contributed by atoms with Crippen molar-refractivity contribution < 1.29 is 28.1 Å². The molecule has 1 aliphatic carbocycles. The van der Waals surface area contributed by atoms with E-state index in [-0.39, 0.29) is 5.69 Å². The van der Waals surface area contributed by atoms with Gasteiger partial charge in [0.1, 0.15) is 17.3 Å². The highest BCUT2D eigenvalue weighted by Gasteiger charge is 2.28. The number of nitrogens with zero attached hydrogens (tertiary/aromatic N) is 2. The normalized spacial score (nSPS) is 13.5. The Kier molecular flexibility index (Phi) is 5.99. The Labute approximate surface area is 203 Å². The molecular weight excluding hydrogens is 469 g/mol. The van der Waals surface area contributed by atoms with Gasteiger partial charge in [-0.2, -0.15) is 0 Å². The first kappa shape index (κ1) is 22.9. The number of halogens is 1. The maximum atomic E-state index is 13.4. The van der Waals surface area contributed by atoms with Crippen LogP contribution in [0.5, 0.6) is 0 Å². The molecule has 0 fully saturated rings. The summed E-state index contributed by atoms with van der Waals surface area (Å²) in [6.07, 6.45) is 4.66. The largest absolute Gasteiger partial charge is 0.465 e. The molecule has 10 heteroatoms. The number of nitro benzene ring substituents is 1. The number of hydrogen-bond acceptors (Lipinski definition) is 7. The number of hydrogen-bond donors (Lipinski definition) is 1. The van der Waals surface area contributed by atoms with E-state index in [0.717, 1.165) is 17.7 Å². The number of carbonyl (C=O) groups excluding carboxylic acids is 2. The quantitative estimate of drug-likeness (QED) is 0.226. The van der Waals surface area contributed by atoms with E-state index in [1.54, 1.807) is 30.5 Å². The number of amides is 1. The zero-order valence-corrected chi connectivity index (χ0v) is 18.7. The summed E-state index contributed by atoms with van der Waals surface area (Å²) in [5.74, 6) is -1.66. The van der Waals surface area contributed by atoms with E-state index < -0.39 is 34.9 Å². The number of ether oxygens (including phenoxy) is 1. The van der Waals surface area contributed by atoms with Crippen LogP contribution >= 0.6 is 0 Å². The molecule has 2 aromatic heterocycles. The van der Waals surface area contributed by atoms with Crippen molar-refractivity contribution in [2.75, 3.05) is 11.9 Å². The fourth-order valence-electron chi connectivity index (χ4n) is 4.21. The van der Waals surface area contributed by atoms with Crippen LogP contribution in [0, 0.1) is 15.9 Å². The monoisotopic (exact) mass is 487 g/mol. The lowest BCUT2D eigenvalue weighted by Crippen LogP contribution is -2.22. The van der Waals surface area contributed by atoms with Gasteiger partial charge in [0.15, 0.2) is 6.61 Å². The number of benzene rings is 2. The highest BCUT2D eigenvalue weighted by atomic mass is 19.1. The molecule has 9 nitrogen and oxygen atoms in total. The highest BCUT2D eigenvalue weighted by Crippen LogP contribution is 2.38. The molecule has 0 atom stereocenters. The summed E-state index contributed by atoms with van der Waals surface area (Å²) in [6, 6.07) is 13.5. The van der Waals surface area contributed by atoms with Gasteiger partial charge < -0.3 is 14.5 Å². The Balaban J connectivity index is 1.41. The van der Waals surface area contributed by atoms with Gasteiger partial charge in [0.05, 0.1) is 34.0 Å². The Bertz CT molecular complexity index is 1550. The minimum atomic E-state index is -0.815. The standard InChI is InChI=1S/C26H18FN3O6/c27-16-8-10-21(22(13-16)30(33)34)28-23(31)14-36-26(32)24-18-5-1-2-6-20(18)29-25-15(7-9-19(24)25)12-17-4-3-11-35-17/h1-6,8,10-13H,7,9,14H2,(H,28,31). The van der Waals surface area contributed by atoms with Crippen LogP contribution in [-0.2, 0) is 16.0 Å². The predicted molar refractivity (Wildman–Crippen MR) is 129 cm³/mol. The first-order valence-electron chi connectivity index (χ1n) is 11.0. The maximum absolute atomic E-state index is 13.4. The number of carbonyl (C=O) groups is 2. The van der Waals surface area contributed by atoms with Crippen molar-refractivity contribution in [3.8, 4) is 0 Å². The van der Waals surface area contributed by atoms with Crippen LogP contribution in [0.15, 0.2) is 65.3 Å². The highest BCUT2D eigenvalue weighted by molar-refractivity contribution is 6.08. The van der Waals surface area contributed by atoms with Gasteiger partial charge in [0.25, 0.3) is 11.6 Å². The summed E-state index contributed by atoms with van der Waals surface area (Å²) in [5, 5.41) is 14.0. The van der Waals surface area contributed by atoms with Crippen LogP contribution < -0.4 is 5.32 Å². The number of fused-ring (bicyclic) bond motifs is 2. The smallest absolute Gasteiger partial charge is 0.339 e. The molecule has 0 spiro atoms. The van der Waals surface area contributed by atoms with Crippen LogP contribution in [0.3, 0.4) is 0 Å². The second kappa shape index (κ2) is 9.41. The number of esters is 1. The van der Waals surface area contributed by atoms with Crippen LogP contribution in [0.2, 0.25) is 0 Å². The lowest BCUT2D eigenvalue weighted by Gasteiger charge is -2.12. The van der Waals surface area contributed by atoms with Crippen molar-refractivity contribution in [3.05, 3.63) is 99.4 Å². The number of para-hydroxylation sites is 1. The molecule has 2 aromatic carbocycles. The van der Waals surface area contributed by atoms with E-state index in [9.17, 15) is 24.1 Å². The van der Waals surface area contributed by atoms with E-state index in [1.807, 2.05) is 18.2 Å². The van der Waals surface area contributed by atoms with Crippen LogP contribution in [0.4, 0.5) is 15.8 Å². The number of aromatic nitrogens is 1. The average Bonchev–Trinajstić information content (AvgIpc) is 3.52. The summed E-state index contributed by atoms with van der Waals surface area (Å²) in [5.41, 5.74) is 2.41. The number of anilines is 1. The molecule has 1 aliphatic rings. The molecule has 1 N–H and O–H groups in total. The first-order chi connectivity index (χ1) is 17.4. The van der Waals surface area contributed by atoms with Crippen molar-refractivity contribution in [1.29, 1.82) is 0 Å². The molecule has 0 unspecified atom stereocenters. The Morgan fingerprint density at radius 3 is 2.78 bits per heavy atom. The van der Waals surface area contributed by atoms with E-state index in [0.29, 0.717) is 52.4 Å². The molecule has 1 amide bonds. The molecular formula is C26H18FN3O6. The lowest BCUT2D eigenvalue weighted by atomic mass is 10.0. The predicted octanol–water partition coefficient (Wildman–Crippen LogP) is 5.16. The van der Waals surface area contributed by atoms with Crippen LogP contribution in [-0.4, -0.2) is 28.4 Å². The summed E-state index contributed by atoms with van der Waals surface area (Å²) in [7, 11) is 0. The second-order valence-corrected chi connectivity index (χ2v) is 8.06. The van der Waals surface area contributed by atoms with Crippen molar-refractivity contribution in [2.24, 2.45) is 0 Å². The van der Waals surface area contributed by atoms with Gasteiger partial charge >= 0.3 is 5.97 Å². The number of pyridine rings is 1. The molecule has 5 rings (SSSR count). The lowest BCUT2D eigenvalue weighted by molar-refractivity contribution is -0.384. The molecule has 0 bridgehead atoms. The number of nitro groups is 1. The molecule has 4 aromatic rings. The van der Waals surface area contributed by atoms with Crippen molar-refractivity contribution in [1.82, 2.24) is 4.98 Å². The first-order valence-corrected chi connectivity index (χ1v) is 11.0. The number of rotatable bonds is 6.